The Hall–Kier alpha value is -5.41. The number of nitrogens with zero attached hydrogens (tertiary/aromatic N) is 2. The first-order valence-corrected chi connectivity index (χ1v) is 14.5. The van der Waals surface area contributed by atoms with Crippen LogP contribution < -0.4 is 4.74 Å². The minimum Gasteiger partial charge on any atom is -0.456 e. The summed E-state index contributed by atoms with van der Waals surface area (Å²) < 4.78 is 8.69. The van der Waals surface area contributed by atoms with Gasteiger partial charge in [-0.2, -0.15) is 0 Å². The van der Waals surface area contributed by atoms with Crippen LogP contribution in [0.2, 0.25) is 0 Å². The second-order valence-electron chi connectivity index (χ2n) is 11.1. The number of para-hydroxylation sites is 1. The maximum absolute atomic E-state index is 6.40. The quantitative estimate of drug-likeness (QED) is 0.224. The lowest BCUT2D eigenvalue weighted by molar-refractivity contribution is 0.505. The van der Waals surface area contributed by atoms with Crippen LogP contribution in [0.15, 0.2) is 133 Å². The van der Waals surface area contributed by atoms with Gasteiger partial charge in [-0.15, -0.1) is 0 Å². The third kappa shape index (κ3) is 3.50. The number of rotatable bonds is 3. The van der Waals surface area contributed by atoms with Crippen molar-refractivity contribution in [3.8, 4) is 45.1 Å². The van der Waals surface area contributed by atoms with Crippen LogP contribution in [0.4, 0.5) is 0 Å². The van der Waals surface area contributed by atoms with E-state index in [-0.39, 0.29) is 0 Å². The molecule has 0 atom stereocenters. The summed E-state index contributed by atoms with van der Waals surface area (Å²) >= 11 is 0. The van der Waals surface area contributed by atoms with Gasteiger partial charge in [0.05, 0.1) is 16.7 Å². The molecule has 0 saturated carbocycles. The van der Waals surface area contributed by atoms with E-state index >= 15 is 0 Å². The number of aromatic nitrogens is 2. The zero-order valence-corrected chi connectivity index (χ0v) is 22.9. The van der Waals surface area contributed by atoms with Gasteiger partial charge in [0.2, 0.25) is 0 Å². The number of pyridine rings is 1. The Balaban J connectivity index is 1.20. The van der Waals surface area contributed by atoms with Gasteiger partial charge >= 0.3 is 0 Å². The Bertz CT molecular complexity index is 2220. The lowest BCUT2D eigenvalue weighted by Crippen LogP contribution is -2.11. The molecule has 5 aromatic carbocycles. The maximum atomic E-state index is 6.40. The molecule has 3 nitrogen and oxygen atoms in total. The molecular weight excluding hydrogens is 512 g/mol. The molecule has 3 heteroatoms. The van der Waals surface area contributed by atoms with Crippen LogP contribution in [0.1, 0.15) is 17.5 Å². The summed E-state index contributed by atoms with van der Waals surface area (Å²) in [7, 11) is 0. The maximum Gasteiger partial charge on any atom is 0.138 e. The van der Waals surface area contributed by atoms with Crippen LogP contribution in [0, 0.1) is 0 Å². The summed E-state index contributed by atoms with van der Waals surface area (Å²) in [5.74, 6) is 2.85. The van der Waals surface area contributed by atoms with Crippen molar-refractivity contribution < 1.29 is 4.74 Å². The molecule has 0 amide bonds. The topological polar surface area (TPSA) is 27.1 Å². The van der Waals surface area contributed by atoms with Crippen LogP contribution in [-0.2, 0) is 6.42 Å². The largest absolute Gasteiger partial charge is 0.456 e. The summed E-state index contributed by atoms with van der Waals surface area (Å²) in [4.78, 5) is 5.11. The standard InChI is InChI=1S/C39H26N2O/c1-2-9-25(10-3-1)33-15-8-18-38(40-33)41-34-16-5-4-13-29(34)31-23-27(19-21-35(31)41)28-20-22-36-32(24-28)30-14-6-11-26-12-7-17-37(42-36)39(26)30/h1-6,8-11,13-24H,7,12H2. The van der Waals surface area contributed by atoms with Gasteiger partial charge in [-0.1, -0.05) is 84.9 Å². The number of allylic oxidation sites excluding steroid dienone is 1. The van der Waals surface area contributed by atoms with E-state index < -0.39 is 0 Å². The average Bonchev–Trinajstić information content (AvgIpc) is 3.39. The summed E-state index contributed by atoms with van der Waals surface area (Å²) in [5.41, 5.74) is 11.8. The number of hydrogen-bond acceptors (Lipinski definition) is 2. The first-order valence-electron chi connectivity index (χ1n) is 14.5. The molecule has 0 fully saturated rings. The minimum atomic E-state index is 0.916. The fourth-order valence-electron chi connectivity index (χ4n) is 6.72. The molecule has 0 spiro atoms. The van der Waals surface area contributed by atoms with Crippen LogP contribution in [-0.4, -0.2) is 9.55 Å². The fourth-order valence-corrected chi connectivity index (χ4v) is 6.72. The fraction of sp³-hybridized carbons (Fsp3) is 0.0513. The molecule has 2 aliphatic rings. The van der Waals surface area contributed by atoms with Crippen molar-refractivity contribution in [2.24, 2.45) is 0 Å². The smallest absolute Gasteiger partial charge is 0.138 e. The number of benzene rings is 5. The molecule has 198 valence electrons. The molecule has 9 rings (SSSR count). The van der Waals surface area contributed by atoms with E-state index in [0.29, 0.717) is 0 Å². The molecule has 0 saturated heterocycles. The minimum absolute atomic E-state index is 0.916. The molecular formula is C39H26N2O. The van der Waals surface area contributed by atoms with Crippen molar-refractivity contribution in [3.63, 3.8) is 0 Å². The first-order chi connectivity index (χ1) is 20.8. The summed E-state index contributed by atoms with van der Waals surface area (Å²) in [5, 5.41) is 2.43. The van der Waals surface area contributed by atoms with Gasteiger partial charge in [-0.3, -0.25) is 4.57 Å². The van der Waals surface area contributed by atoms with Gasteiger partial charge in [0, 0.05) is 27.5 Å². The van der Waals surface area contributed by atoms with Crippen LogP contribution >= 0.6 is 0 Å². The van der Waals surface area contributed by atoms with Gasteiger partial charge in [-0.05, 0) is 83.6 Å². The number of fused-ring (bicyclic) bond motifs is 5. The molecule has 0 bridgehead atoms. The second kappa shape index (κ2) is 9.05. The molecule has 42 heavy (non-hydrogen) atoms. The highest BCUT2D eigenvalue weighted by Crippen LogP contribution is 2.47. The van der Waals surface area contributed by atoms with Crippen molar-refractivity contribution in [2.75, 3.05) is 0 Å². The van der Waals surface area contributed by atoms with Crippen molar-refractivity contribution in [1.82, 2.24) is 9.55 Å². The molecule has 1 aliphatic carbocycles. The van der Waals surface area contributed by atoms with E-state index in [1.807, 2.05) is 6.07 Å². The van der Waals surface area contributed by atoms with E-state index in [4.69, 9.17) is 9.72 Å². The number of ether oxygens (including phenoxy) is 1. The third-order valence-electron chi connectivity index (χ3n) is 8.67. The van der Waals surface area contributed by atoms with E-state index in [2.05, 4.69) is 132 Å². The molecule has 7 aromatic rings. The lowest BCUT2D eigenvalue weighted by atomic mass is 9.86. The van der Waals surface area contributed by atoms with Gasteiger partial charge in [-0.25, -0.2) is 4.98 Å². The van der Waals surface area contributed by atoms with Crippen LogP contribution in [0.5, 0.6) is 5.75 Å². The van der Waals surface area contributed by atoms with Gasteiger partial charge in [0.1, 0.15) is 17.3 Å². The highest BCUT2D eigenvalue weighted by molar-refractivity contribution is 6.10. The second-order valence-corrected chi connectivity index (χ2v) is 11.1. The van der Waals surface area contributed by atoms with Gasteiger partial charge in [0.15, 0.2) is 0 Å². The van der Waals surface area contributed by atoms with E-state index in [0.717, 1.165) is 58.0 Å². The summed E-state index contributed by atoms with van der Waals surface area (Å²) in [6, 6.07) is 45.3. The number of hydrogen-bond donors (Lipinski definition) is 0. The first kappa shape index (κ1) is 23.3. The monoisotopic (exact) mass is 538 g/mol. The Kier molecular flexibility index (Phi) is 5.02. The molecule has 3 heterocycles. The highest BCUT2D eigenvalue weighted by atomic mass is 16.5. The predicted octanol–water partition coefficient (Wildman–Crippen LogP) is 9.86. The van der Waals surface area contributed by atoms with Crippen LogP contribution in [0.3, 0.4) is 0 Å². The van der Waals surface area contributed by atoms with E-state index in [1.54, 1.807) is 0 Å². The van der Waals surface area contributed by atoms with E-state index in [9.17, 15) is 0 Å². The van der Waals surface area contributed by atoms with Crippen LogP contribution in [0.25, 0.3) is 66.9 Å². The van der Waals surface area contributed by atoms with Gasteiger partial charge in [0.25, 0.3) is 0 Å². The van der Waals surface area contributed by atoms with Crippen molar-refractivity contribution in [2.45, 2.75) is 12.8 Å². The zero-order chi connectivity index (χ0) is 27.6. The zero-order valence-electron chi connectivity index (χ0n) is 22.9. The molecule has 2 aromatic heterocycles. The highest BCUT2D eigenvalue weighted by Gasteiger charge is 2.26. The Labute approximate surface area is 244 Å². The Morgan fingerprint density at radius 3 is 2.36 bits per heavy atom. The summed E-state index contributed by atoms with van der Waals surface area (Å²) in [6.45, 7) is 0. The van der Waals surface area contributed by atoms with Crippen molar-refractivity contribution in [3.05, 3.63) is 145 Å². The normalized spacial score (nSPS) is 13.4. The van der Waals surface area contributed by atoms with Gasteiger partial charge < -0.3 is 4.74 Å². The average molecular weight is 539 g/mol. The molecule has 0 radical (unpaired) electrons. The lowest BCUT2D eigenvalue weighted by Gasteiger charge is -2.28. The molecule has 1 aliphatic heterocycles. The molecule has 0 N–H and O–H groups in total. The Morgan fingerprint density at radius 1 is 0.595 bits per heavy atom. The number of aryl methyl sites for hydroxylation is 1. The summed E-state index contributed by atoms with van der Waals surface area (Å²) in [6.07, 6.45) is 4.32. The van der Waals surface area contributed by atoms with E-state index in [1.165, 1.54) is 38.6 Å². The molecule has 0 unspecified atom stereocenters. The SMILES string of the molecule is C1=C2Oc3ccc(-c4ccc5c(c4)c4ccccc4n5-c4cccc(-c5ccccc5)n4)cc3-c3cccc(c32)CC1. The predicted molar refractivity (Wildman–Crippen MR) is 172 cm³/mol. The van der Waals surface area contributed by atoms with Crippen molar-refractivity contribution in [1.29, 1.82) is 0 Å². The Morgan fingerprint density at radius 2 is 1.40 bits per heavy atom. The third-order valence-corrected chi connectivity index (χ3v) is 8.67. The van der Waals surface area contributed by atoms with Crippen molar-refractivity contribution >= 4 is 27.6 Å².